The van der Waals surface area contributed by atoms with Crippen molar-refractivity contribution in [3.8, 4) is 0 Å². The van der Waals surface area contributed by atoms with Crippen molar-refractivity contribution in [2.75, 3.05) is 32.4 Å². The second-order valence-corrected chi connectivity index (χ2v) is 6.54. The van der Waals surface area contributed by atoms with Crippen LogP contribution in [0, 0.1) is 0 Å². The summed E-state index contributed by atoms with van der Waals surface area (Å²) in [4.78, 5) is 2.66. The highest BCUT2D eigenvalue weighted by Crippen LogP contribution is 2.32. The molecule has 0 aliphatic carbocycles. The summed E-state index contributed by atoms with van der Waals surface area (Å²) in [7, 11) is 0. The molecular weight excluding hydrogens is 228 g/mol. The number of rotatable bonds is 8. The third kappa shape index (κ3) is 4.46. The van der Waals surface area contributed by atoms with Crippen molar-refractivity contribution in [2.24, 2.45) is 0 Å². The largest absolute Gasteiger partial charge is 0.313 e. The Morgan fingerprint density at radius 3 is 2.53 bits per heavy atom. The lowest BCUT2D eigenvalue weighted by Gasteiger charge is -2.34. The van der Waals surface area contributed by atoms with Gasteiger partial charge in [0.15, 0.2) is 0 Å². The summed E-state index contributed by atoms with van der Waals surface area (Å²) in [5.41, 5.74) is 0. The quantitative estimate of drug-likeness (QED) is 0.720. The molecule has 0 aromatic heterocycles. The standard InChI is InChI=1S/C14H30N2S/c1-5-9-15-13-8-10-16(11-13)12-14(6-2,7-3)17-4/h13,15H,5-12H2,1-4H3. The third-order valence-electron chi connectivity index (χ3n) is 4.19. The maximum Gasteiger partial charge on any atom is 0.0279 e. The van der Waals surface area contributed by atoms with Crippen molar-refractivity contribution in [1.29, 1.82) is 0 Å². The summed E-state index contributed by atoms with van der Waals surface area (Å²) >= 11 is 2.06. The van der Waals surface area contributed by atoms with Crippen LogP contribution in [0.25, 0.3) is 0 Å². The van der Waals surface area contributed by atoms with Gasteiger partial charge in [-0.2, -0.15) is 11.8 Å². The van der Waals surface area contributed by atoms with Gasteiger partial charge in [-0.15, -0.1) is 0 Å². The molecule has 2 nitrogen and oxygen atoms in total. The van der Waals surface area contributed by atoms with Crippen LogP contribution in [-0.4, -0.2) is 48.1 Å². The lowest BCUT2D eigenvalue weighted by Crippen LogP contribution is -2.40. The first-order valence-corrected chi connectivity index (χ1v) is 8.43. The summed E-state index contributed by atoms with van der Waals surface area (Å²) in [6.07, 6.45) is 7.42. The van der Waals surface area contributed by atoms with E-state index in [1.807, 2.05) is 0 Å². The Labute approximate surface area is 112 Å². The molecule has 0 bridgehead atoms. The third-order valence-corrected chi connectivity index (χ3v) is 5.76. The van der Waals surface area contributed by atoms with Crippen molar-refractivity contribution in [3.05, 3.63) is 0 Å². The summed E-state index contributed by atoms with van der Waals surface area (Å²) in [5, 5.41) is 3.65. The SMILES string of the molecule is CCCNC1CCN(CC(CC)(CC)SC)C1. The summed E-state index contributed by atoms with van der Waals surface area (Å²) in [5.74, 6) is 0. The van der Waals surface area contributed by atoms with Crippen LogP contribution in [0.2, 0.25) is 0 Å². The normalized spacial score (nSPS) is 22.2. The zero-order valence-corrected chi connectivity index (χ0v) is 12.9. The molecule has 17 heavy (non-hydrogen) atoms. The minimum atomic E-state index is 0.486. The Kier molecular flexibility index (Phi) is 6.90. The van der Waals surface area contributed by atoms with E-state index >= 15 is 0 Å². The molecule has 1 saturated heterocycles. The Bertz CT molecular complexity index is 196. The van der Waals surface area contributed by atoms with Gasteiger partial charge in [0.05, 0.1) is 0 Å². The second kappa shape index (κ2) is 7.65. The lowest BCUT2D eigenvalue weighted by molar-refractivity contribution is 0.282. The van der Waals surface area contributed by atoms with Gasteiger partial charge in [-0.25, -0.2) is 0 Å². The smallest absolute Gasteiger partial charge is 0.0279 e. The Morgan fingerprint density at radius 2 is 2.00 bits per heavy atom. The minimum absolute atomic E-state index is 0.486. The van der Waals surface area contributed by atoms with Crippen LogP contribution in [0.3, 0.4) is 0 Å². The number of nitrogens with one attached hydrogen (secondary N) is 1. The average molecular weight is 258 g/mol. The van der Waals surface area contributed by atoms with Gasteiger partial charge in [0.25, 0.3) is 0 Å². The monoisotopic (exact) mass is 258 g/mol. The second-order valence-electron chi connectivity index (χ2n) is 5.27. The highest BCUT2D eigenvalue weighted by atomic mass is 32.2. The van der Waals surface area contributed by atoms with E-state index in [0.717, 1.165) is 6.04 Å². The van der Waals surface area contributed by atoms with Gasteiger partial charge >= 0.3 is 0 Å². The van der Waals surface area contributed by atoms with Gasteiger partial charge in [-0.1, -0.05) is 20.8 Å². The van der Waals surface area contributed by atoms with E-state index in [-0.39, 0.29) is 0 Å². The number of thioether (sulfide) groups is 1. The van der Waals surface area contributed by atoms with E-state index < -0.39 is 0 Å². The number of nitrogens with zero attached hydrogens (tertiary/aromatic N) is 1. The van der Waals surface area contributed by atoms with Crippen LogP contribution in [0.15, 0.2) is 0 Å². The first-order chi connectivity index (χ1) is 8.19. The molecule has 102 valence electrons. The molecule has 1 N–H and O–H groups in total. The van der Waals surface area contributed by atoms with Crippen molar-refractivity contribution >= 4 is 11.8 Å². The summed E-state index contributed by atoms with van der Waals surface area (Å²) in [6.45, 7) is 11.9. The first-order valence-electron chi connectivity index (χ1n) is 7.20. The highest BCUT2D eigenvalue weighted by Gasteiger charge is 2.31. The van der Waals surface area contributed by atoms with Crippen molar-refractivity contribution < 1.29 is 0 Å². The predicted octanol–water partition coefficient (Wildman–Crippen LogP) is 2.98. The fraction of sp³-hybridized carbons (Fsp3) is 1.00. The fourth-order valence-electron chi connectivity index (χ4n) is 2.73. The molecule has 1 fully saturated rings. The molecule has 0 spiro atoms. The topological polar surface area (TPSA) is 15.3 Å². The van der Waals surface area contributed by atoms with Crippen LogP contribution >= 0.6 is 11.8 Å². The van der Waals surface area contributed by atoms with Crippen LogP contribution < -0.4 is 5.32 Å². The van der Waals surface area contributed by atoms with Crippen LogP contribution in [-0.2, 0) is 0 Å². The molecular formula is C14H30N2S. The molecule has 3 heteroatoms. The van der Waals surface area contributed by atoms with Gasteiger partial charge in [-0.05, 0) is 45.0 Å². The van der Waals surface area contributed by atoms with Crippen LogP contribution in [0.4, 0.5) is 0 Å². The van der Waals surface area contributed by atoms with E-state index in [4.69, 9.17) is 0 Å². The molecule has 1 atom stereocenters. The molecule has 0 radical (unpaired) electrons. The Morgan fingerprint density at radius 1 is 1.29 bits per heavy atom. The summed E-state index contributed by atoms with van der Waals surface area (Å²) < 4.78 is 0.486. The molecule has 0 aromatic rings. The predicted molar refractivity (Wildman–Crippen MR) is 80.0 cm³/mol. The highest BCUT2D eigenvalue weighted by molar-refractivity contribution is 8.00. The van der Waals surface area contributed by atoms with Crippen molar-refractivity contribution in [1.82, 2.24) is 10.2 Å². The molecule has 0 saturated carbocycles. The average Bonchev–Trinajstić information content (AvgIpc) is 2.81. The molecule has 0 aromatic carbocycles. The number of likely N-dealkylation sites (tertiary alicyclic amines) is 1. The van der Waals surface area contributed by atoms with E-state index in [1.54, 1.807) is 0 Å². The van der Waals surface area contributed by atoms with Gasteiger partial charge < -0.3 is 10.2 Å². The van der Waals surface area contributed by atoms with E-state index in [2.05, 4.69) is 49.0 Å². The molecule has 1 aliphatic heterocycles. The van der Waals surface area contributed by atoms with E-state index in [0.29, 0.717) is 4.75 Å². The van der Waals surface area contributed by atoms with Crippen molar-refractivity contribution in [2.45, 2.75) is 57.2 Å². The van der Waals surface area contributed by atoms with E-state index in [9.17, 15) is 0 Å². The zero-order chi connectivity index (χ0) is 12.7. The fourth-order valence-corrected chi connectivity index (χ4v) is 3.61. The molecule has 1 rings (SSSR count). The van der Waals surface area contributed by atoms with Crippen LogP contribution in [0.5, 0.6) is 0 Å². The van der Waals surface area contributed by atoms with Gasteiger partial charge in [-0.3, -0.25) is 0 Å². The lowest BCUT2D eigenvalue weighted by atomic mass is 10.0. The minimum Gasteiger partial charge on any atom is -0.313 e. The maximum absolute atomic E-state index is 3.65. The summed E-state index contributed by atoms with van der Waals surface area (Å²) in [6, 6.07) is 0.739. The molecule has 0 amide bonds. The van der Waals surface area contributed by atoms with Gasteiger partial charge in [0, 0.05) is 23.9 Å². The Hall–Kier alpha value is 0.270. The first kappa shape index (κ1) is 15.3. The van der Waals surface area contributed by atoms with Gasteiger partial charge in [0.1, 0.15) is 0 Å². The molecule has 1 unspecified atom stereocenters. The zero-order valence-electron chi connectivity index (χ0n) is 12.1. The van der Waals surface area contributed by atoms with Gasteiger partial charge in [0.2, 0.25) is 0 Å². The number of hydrogen-bond acceptors (Lipinski definition) is 3. The molecule has 1 aliphatic rings. The van der Waals surface area contributed by atoms with Crippen LogP contribution in [0.1, 0.15) is 46.5 Å². The Balaban J connectivity index is 2.37. The molecule has 1 heterocycles. The van der Waals surface area contributed by atoms with E-state index in [1.165, 1.54) is 51.9 Å². The number of hydrogen-bond donors (Lipinski definition) is 1. The maximum atomic E-state index is 3.65. The van der Waals surface area contributed by atoms with Crippen molar-refractivity contribution in [3.63, 3.8) is 0 Å².